The molecule has 0 amide bonds. The van der Waals surface area contributed by atoms with Crippen molar-refractivity contribution >= 4 is 23.0 Å². The fourth-order valence-electron chi connectivity index (χ4n) is 2.48. The van der Waals surface area contributed by atoms with Crippen LogP contribution in [0, 0.1) is 0 Å². The van der Waals surface area contributed by atoms with Crippen molar-refractivity contribution in [2.45, 2.75) is 20.3 Å². The van der Waals surface area contributed by atoms with Gasteiger partial charge in [-0.25, -0.2) is 0 Å². The minimum Gasteiger partial charge on any atom is -0.370 e. The summed E-state index contributed by atoms with van der Waals surface area (Å²) in [6.07, 6.45) is 1.05. The van der Waals surface area contributed by atoms with Crippen molar-refractivity contribution in [1.82, 2.24) is 10.7 Å². The molecule has 0 atom stereocenters. The van der Waals surface area contributed by atoms with E-state index in [1.807, 2.05) is 6.92 Å². The van der Waals surface area contributed by atoms with E-state index in [0.29, 0.717) is 5.11 Å². The van der Waals surface area contributed by atoms with Crippen LogP contribution < -0.4 is 15.6 Å². The molecule has 5 nitrogen and oxygen atoms in total. The fourth-order valence-corrected chi connectivity index (χ4v) is 2.63. The zero-order valence-electron chi connectivity index (χ0n) is 14.0. The maximum atomic E-state index is 5.35. The molecule has 1 aromatic rings. The first-order valence-electron chi connectivity index (χ1n) is 8.27. The molecule has 0 aromatic heterocycles. The maximum absolute atomic E-state index is 5.35. The molecular formula is C17H27N4OS+. The van der Waals surface area contributed by atoms with Crippen molar-refractivity contribution in [2.24, 2.45) is 5.10 Å². The second-order valence-electron chi connectivity index (χ2n) is 5.73. The van der Waals surface area contributed by atoms with E-state index in [0.717, 1.165) is 57.1 Å². The summed E-state index contributed by atoms with van der Waals surface area (Å²) in [4.78, 5) is 1.56. The SMILES string of the molecule is CCc1ccc(/C(C)=N\NC(=S)NCC[NH+]2CCOCC2)cc1. The minimum atomic E-state index is 0.571. The van der Waals surface area contributed by atoms with Crippen LogP contribution in [0.15, 0.2) is 29.4 Å². The van der Waals surface area contributed by atoms with Gasteiger partial charge in [0, 0.05) is 0 Å². The first-order chi connectivity index (χ1) is 11.2. The van der Waals surface area contributed by atoms with E-state index in [1.54, 1.807) is 4.90 Å². The molecule has 1 fully saturated rings. The van der Waals surface area contributed by atoms with E-state index in [4.69, 9.17) is 17.0 Å². The normalized spacial score (nSPS) is 16.2. The molecule has 0 radical (unpaired) electrons. The molecule has 2 rings (SSSR count). The van der Waals surface area contributed by atoms with Gasteiger partial charge < -0.3 is 15.0 Å². The predicted molar refractivity (Wildman–Crippen MR) is 98.2 cm³/mol. The molecule has 126 valence electrons. The monoisotopic (exact) mass is 335 g/mol. The van der Waals surface area contributed by atoms with Gasteiger partial charge in [0.05, 0.1) is 32.0 Å². The van der Waals surface area contributed by atoms with Crippen LogP contribution in [0.25, 0.3) is 0 Å². The van der Waals surface area contributed by atoms with Gasteiger partial charge in [0.2, 0.25) is 0 Å². The molecule has 1 aromatic carbocycles. The second kappa shape index (κ2) is 9.60. The lowest BCUT2D eigenvalue weighted by molar-refractivity contribution is -0.906. The Morgan fingerprint density at radius 1 is 1.26 bits per heavy atom. The molecule has 0 bridgehead atoms. The van der Waals surface area contributed by atoms with E-state index in [-0.39, 0.29) is 0 Å². The molecule has 1 heterocycles. The average Bonchev–Trinajstić information content (AvgIpc) is 2.60. The van der Waals surface area contributed by atoms with E-state index in [2.05, 4.69) is 47.0 Å². The van der Waals surface area contributed by atoms with Gasteiger partial charge in [-0.15, -0.1) is 0 Å². The summed E-state index contributed by atoms with van der Waals surface area (Å²) in [5, 5.41) is 8.13. The molecule has 23 heavy (non-hydrogen) atoms. The Kier molecular flexibility index (Phi) is 7.45. The van der Waals surface area contributed by atoms with Crippen LogP contribution >= 0.6 is 12.2 Å². The first-order valence-corrected chi connectivity index (χ1v) is 8.68. The summed E-state index contributed by atoms with van der Waals surface area (Å²) in [5.41, 5.74) is 6.29. The zero-order valence-corrected chi connectivity index (χ0v) is 14.8. The quantitative estimate of drug-likeness (QED) is 0.399. The summed E-state index contributed by atoms with van der Waals surface area (Å²) in [5.74, 6) is 0. The molecular weight excluding hydrogens is 308 g/mol. The summed E-state index contributed by atoms with van der Waals surface area (Å²) in [7, 11) is 0. The number of quaternary nitrogens is 1. The highest BCUT2D eigenvalue weighted by molar-refractivity contribution is 7.80. The number of hydrogen-bond acceptors (Lipinski definition) is 3. The van der Waals surface area contributed by atoms with Crippen molar-refractivity contribution in [1.29, 1.82) is 0 Å². The number of hydrogen-bond donors (Lipinski definition) is 3. The molecule has 1 aliphatic rings. The third-order valence-corrected chi connectivity index (χ3v) is 4.30. The van der Waals surface area contributed by atoms with Gasteiger partial charge in [-0.05, 0) is 36.7 Å². The molecule has 1 aliphatic heterocycles. The Bertz CT molecular complexity index is 524. The van der Waals surface area contributed by atoms with Crippen molar-refractivity contribution in [3.8, 4) is 0 Å². The smallest absolute Gasteiger partial charge is 0.187 e. The number of nitrogens with zero attached hydrogens (tertiary/aromatic N) is 1. The van der Waals surface area contributed by atoms with Gasteiger partial charge in [-0.3, -0.25) is 5.43 Å². The third kappa shape index (κ3) is 6.25. The highest BCUT2D eigenvalue weighted by atomic mass is 32.1. The Labute approximate surface area is 144 Å². The van der Waals surface area contributed by atoms with E-state index < -0.39 is 0 Å². The van der Waals surface area contributed by atoms with Gasteiger partial charge >= 0.3 is 0 Å². The van der Waals surface area contributed by atoms with Gasteiger partial charge in [0.25, 0.3) is 0 Å². The molecule has 0 aliphatic carbocycles. The van der Waals surface area contributed by atoms with Crippen LogP contribution in [0.1, 0.15) is 25.0 Å². The van der Waals surface area contributed by atoms with Crippen LogP contribution in [0.4, 0.5) is 0 Å². The van der Waals surface area contributed by atoms with Crippen LogP contribution in [-0.2, 0) is 11.2 Å². The first kappa shape index (κ1) is 17.8. The number of rotatable bonds is 6. The number of aryl methyl sites for hydroxylation is 1. The minimum absolute atomic E-state index is 0.571. The molecule has 1 saturated heterocycles. The van der Waals surface area contributed by atoms with E-state index in [1.165, 1.54) is 5.56 Å². The van der Waals surface area contributed by atoms with E-state index in [9.17, 15) is 0 Å². The number of benzene rings is 1. The molecule has 3 N–H and O–H groups in total. The molecule has 0 saturated carbocycles. The lowest BCUT2D eigenvalue weighted by Gasteiger charge is -2.23. The van der Waals surface area contributed by atoms with E-state index >= 15 is 0 Å². The molecule has 0 spiro atoms. The van der Waals surface area contributed by atoms with Gasteiger partial charge in [-0.2, -0.15) is 5.10 Å². The predicted octanol–water partition coefficient (Wildman–Crippen LogP) is 0.352. The molecule has 6 heteroatoms. The van der Waals surface area contributed by atoms with Crippen molar-refractivity contribution < 1.29 is 9.64 Å². The van der Waals surface area contributed by atoms with Crippen molar-refractivity contribution in [3.05, 3.63) is 35.4 Å². The van der Waals surface area contributed by atoms with Crippen LogP contribution in [0.3, 0.4) is 0 Å². The van der Waals surface area contributed by atoms with Gasteiger partial charge in [0.15, 0.2) is 5.11 Å². The second-order valence-corrected chi connectivity index (χ2v) is 6.14. The third-order valence-electron chi connectivity index (χ3n) is 4.07. The van der Waals surface area contributed by atoms with Gasteiger partial charge in [0.1, 0.15) is 13.1 Å². The number of nitrogens with one attached hydrogen (secondary N) is 3. The highest BCUT2D eigenvalue weighted by Gasteiger charge is 2.12. The van der Waals surface area contributed by atoms with Crippen LogP contribution in [-0.4, -0.2) is 50.2 Å². The zero-order chi connectivity index (χ0) is 16.5. The summed E-state index contributed by atoms with van der Waals surface area (Å²) >= 11 is 5.27. The Morgan fingerprint density at radius 3 is 2.61 bits per heavy atom. The summed E-state index contributed by atoms with van der Waals surface area (Å²) in [6, 6.07) is 8.46. The Balaban J connectivity index is 1.71. The largest absolute Gasteiger partial charge is 0.370 e. The molecule has 0 unspecified atom stereocenters. The van der Waals surface area contributed by atoms with Crippen LogP contribution in [0.5, 0.6) is 0 Å². The fraction of sp³-hybridized carbons (Fsp3) is 0.529. The Hall–Kier alpha value is -1.50. The Morgan fingerprint density at radius 2 is 1.96 bits per heavy atom. The lowest BCUT2D eigenvalue weighted by atomic mass is 10.1. The number of morpholine rings is 1. The maximum Gasteiger partial charge on any atom is 0.187 e. The number of ether oxygens (including phenoxy) is 1. The van der Waals surface area contributed by atoms with Crippen LogP contribution in [0.2, 0.25) is 0 Å². The average molecular weight is 335 g/mol. The van der Waals surface area contributed by atoms with Crippen molar-refractivity contribution in [3.63, 3.8) is 0 Å². The highest BCUT2D eigenvalue weighted by Crippen LogP contribution is 2.05. The summed E-state index contributed by atoms with van der Waals surface area (Å²) < 4.78 is 5.35. The van der Waals surface area contributed by atoms with Crippen molar-refractivity contribution in [2.75, 3.05) is 39.4 Å². The topological polar surface area (TPSA) is 50.1 Å². The number of thiocarbonyl (C=S) groups is 1. The lowest BCUT2D eigenvalue weighted by Crippen LogP contribution is -3.14. The van der Waals surface area contributed by atoms with Gasteiger partial charge in [-0.1, -0.05) is 31.2 Å². The summed E-state index contributed by atoms with van der Waals surface area (Å²) in [6.45, 7) is 9.90. The number of hydrazone groups is 1. The standard InChI is InChI=1S/C17H26N4OS/c1-3-15-4-6-16(7-5-15)14(2)19-20-17(23)18-8-9-21-10-12-22-13-11-21/h4-7H,3,8-13H2,1-2H3,(H2,18,20,23)/p+1/b19-14-.